The van der Waals surface area contributed by atoms with Gasteiger partial charge < -0.3 is 10.2 Å². The standard InChI is InChI=1S/C16H16F4N2O2/c17-12-3-1-2-11(10-12)4-5-14(23)22-8-6-13(7-9-22)21-15(24)16(18,19)20/h1-5,10,13H,6-9H2,(H,21,24)/b5-4+. The number of amides is 2. The van der Waals surface area contributed by atoms with Gasteiger partial charge in [-0.3, -0.25) is 9.59 Å². The van der Waals surface area contributed by atoms with Gasteiger partial charge >= 0.3 is 12.1 Å². The van der Waals surface area contributed by atoms with Crippen molar-refractivity contribution in [3.63, 3.8) is 0 Å². The van der Waals surface area contributed by atoms with Crippen LogP contribution in [0.1, 0.15) is 18.4 Å². The molecule has 2 amide bonds. The molecule has 1 aromatic carbocycles. The van der Waals surface area contributed by atoms with Gasteiger partial charge in [0.15, 0.2) is 0 Å². The van der Waals surface area contributed by atoms with Crippen LogP contribution in [0.4, 0.5) is 17.6 Å². The van der Waals surface area contributed by atoms with Crippen molar-refractivity contribution < 1.29 is 27.2 Å². The summed E-state index contributed by atoms with van der Waals surface area (Å²) in [6, 6.07) is 5.14. The Morgan fingerprint density at radius 2 is 1.88 bits per heavy atom. The minimum Gasteiger partial charge on any atom is -0.345 e. The average molecular weight is 344 g/mol. The molecule has 1 aliphatic heterocycles. The molecule has 1 N–H and O–H groups in total. The molecule has 0 unspecified atom stereocenters. The number of rotatable bonds is 3. The highest BCUT2D eigenvalue weighted by Crippen LogP contribution is 2.17. The zero-order valence-corrected chi connectivity index (χ0v) is 12.6. The van der Waals surface area contributed by atoms with E-state index in [1.165, 1.54) is 35.3 Å². The second kappa shape index (κ2) is 7.46. The summed E-state index contributed by atoms with van der Waals surface area (Å²) in [5, 5.41) is 1.92. The van der Waals surface area contributed by atoms with Crippen LogP contribution in [-0.4, -0.2) is 42.0 Å². The maximum absolute atomic E-state index is 13.0. The van der Waals surface area contributed by atoms with Crippen LogP contribution >= 0.6 is 0 Å². The van der Waals surface area contributed by atoms with E-state index in [1.807, 2.05) is 5.32 Å². The van der Waals surface area contributed by atoms with Gasteiger partial charge in [-0.2, -0.15) is 13.2 Å². The summed E-state index contributed by atoms with van der Waals surface area (Å²) in [5.41, 5.74) is 0.538. The molecule has 130 valence electrons. The lowest BCUT2D eigenvalue weighted by atomic mass is 10.0. The number of piperidine rings is 1. The van der Waals surface area contributed by atoms with Crippen molar-refractivity contribution in [1.82, 2.24) is 10.2 Å². The van der Waals surface area contributed by atoms with Crippen LogP contribution in [0.2, 0.25) is 0 Å². The van der Waals surface area contributed by atoms with E-state index in [4.69, 9.17) is 0 Å². The number of alkyl halides is 3. The molecular weight excluding hydrogens is 328 g/mol. The van der Waals surface area contributed by atoms with Crippen LogP contribution < -0.4 is 5.32 Å². The van der Waals surface area contributed by atoms with E-state index in [0.29, 0.717) is 5.56 Å². The second-order valence-electron chi connectivity index (χ2n) is 5.46. The molecule has 0 bridgehead atoms. The van der Waals surface area contributed by atoms with Crippen LogP contribution in [-0.2, 0) is 9.59 Å². The minimum atomic E-state index is -4.90. The van der Waals surface area contributed by atoms with Gasteiger partial charge in [-0.1, -0.05) is 12.1 Å². The Morgan fingerprint density at radius 3 is 2.46 bits per heavy atom. The minimum absolute atomic E-state index is 0.245. The predicted molar refractivity (Wildman–Crippen MR) is 79.2 cm³/mol. The van der Waals surface area contributed by atoms with Crippen LogP contribution in [0.5, 0.6) is 0 Å². The van der Waals surface area contributed by atoms with Gasteiger partial charge in [0.25, 0.3) is 0 Å². The highest BCUT2D eigenvalue weighted by molar-refractivity contribution is 5.91. The third kappa shape index (κ3) is 5.07. The highest BCUT2D eigenvalue weighted by Gasteiger charge is 2.40. The van der Waals surface area contributed by atoms with Gasteiger partial charge in [0, 0.05) is 25.2 Å². The summed E-state index contributed by atoms with van der Waals surface area (Å²) in [4.78, 5) is 24.4. The lowest BCUT2D eigenvalue weighted by molar-refractivity contribution is -0.174. The first-order valence-corrected chi connectivity index (χ1v) is 7.36. The maximum atomic E-state index is 13.0. The number of halogens is 4. The van der Waals surface area contributed by atoms with Gasteiger partial charge in [0.1, 0.15) is 5.82 Å². The van der Waals surface area contributed by atoms with Crippen molar-refractivity contribution in [2.75, 3.05) is 13.1 Å². The van der Waals surface area contributed by atoms with Crippen LogP contribution in [0.3, 0.4) is 0 Å². The molecule has 24 heavy (non-hydrogen) atoms. The van der Waals surface area contributed by atoms with E-state index < -0.39 is 23.9 Å². The van der Waals surface area contributed by atoms with Crippen molar-refractivity contribution in [2.24, 2.45) is 0 Å². The number of likely N-dealkylation sites (tertiary alicyclic amines) is 1. The number of nitrogens with one attached hydrogen (secondary N) is 1. The van der Waals surface area contributed by atoms with Gasteiger partial charge in [-0.15, -0.1) is 0 Å². The highest BCUT2D eigenvalue weighted by atomic mass is 19.4. The lowest BCUT2D eigenvalue weighted by Crippen LogP contribution is -2.49. The Hall–Kier alpha value is -2.38. The summed E-state index contributed by atoms with van der Waals surface area (Å²) in [6.45, 7) is 0.490. The fraction of sp³-hybridized carbons (Fsp3) is 0.375. The predicted octanol–water partition coefficient (Wildman–Crippen LogP) is 2.51. The van der Waals surface area contributed by atoms with Crippen molar-refractivity contribution in [1.29, 1.82) is 0 Å². The number of hydrogen-bond acceptors (Lipinski definition) is 2. The number of carbonyl (C=O) groups excluding carboxylic acids is 2. The Labute approximate surface area is 136 Å². The molecule has 1 heterocycles. The van der Waals surface area contributed by atoms with E-state index in [0.717, 1.165) is 0 Å². The molecule has 0 radical (unpaired) electrons. The number of nitrogens with zero attached hydrogens (tertiary/aromatic N) is 1. The molecule has 0 spiro atoms. The fourth-order valence-electron chi connectivity index (χ4n) is 2.39. The Balaban J connectivity index is 1.83. The molecule has 1 fully saturated rings. The second-order valence-corrected chi connectivity index (χ2v) is 5.46. The molecule has 4 nitrogen and oxygen atoms in total. The topological polar surface area (TPSA) is 49.4 Å². The molecule has 0 aromatic heterocycles. The first-order valence-electron chi connectivity index (χ1n) is 7.36. The number of carbonyl (C=O) groups is 2. The Bertz CT molecular complexity index is 635. The Morgan fingerprint density at radius 1 is 1.21 bits per heavy atom. The molecule has 0 saturated carbocycles. The molecule has 0 atom stereocenters. The number of hydrogen-bond donors (Lipinski definition) is 1. The van der Waals surface area contributed by atoms with Crippen LogP contribution in [0, 0.1) is 5.82 Å². The van der Waals surface area contributed by atoms with Crippen molar-refractivity contribution in [3.05, 3.63) is 41.7 Å². The van der Waals surface area contributed by atoms with Gasteiger partial charge in [0.2, 0.25) is 5.91 Å². The van der Waals surface area contributed by atoms with Gasteiger partial charge in [-0.25, -0.2) is 4.39 Å². The van der Waals surface area contributed by atoms with Crippen molar-refractivity contribution >= 4 is 17.9 Å². The Kier molecular flexibility index (Phi) is 5.58. The molecule has 8 heteroatoms. The summed E-state index contributed by atoms with van der Waals surface area (Å²) in [6.07, 6.45) is -1.63. The summed E-state index contributed by atoms with van der Waals surface area (Å²) in [7, 11) is 0. The fourth-order valence-corrected chi connectivity index (χ4v) is 2.39. The van der Waals surface area contributed by atoms with Crippen LogP contribution in [0.25, 0.3) is 6.08 Å². The third-order valence-corrected chi connectivity index (χ3v) is 3.67. The normalized spacial score (nSPS) is 16.4. The van der Waals surface area contributed by atoms with Gasteiger partial charge in [-0.05, 0) is 36.6 Å². The van der Waals surface area contributed by atoms with Gasteiger partial charge in [0.05, 0.1) is 0 Å². The first kappa shape index (κ1) is 18.0. The monoisotopic (exact) mass is 344 g/mol. The SMILES string of the molecule is O=C(/C=C/c1cccc(F)c1)N1CCC(NC(=O)C(F)(F)F)CC1. The molecule has 1 saturated heterocycles. The third-order valence-electron chi connectivity index (χ3n) is 3.67. The van der Waals surface area contributed by atoms with Crippen LogP contribution in [0.15, 0.2) is 30.3 Å². The van der Waals surface area contributed by atoms with E-state index in [1.54, 1.807) is 6.07 Å². The van der Waals surface area contributed by atoms with E-state index >= 15 is 0 Å². The lowest BCUT2D eigenvalue weighted by Gasteiger charge is -2.31. The number of benzene rings is 1. The molecular formula is C16H16F4N2O2. The summed E-state index contributed by atoms with van der Waals surface area (Å²) >= 11 is 0. The average Bonchev–Trinajstić information content (AvgIpc) is 2.52. The quantitative estimate of drug-likeness (QED) is 0.677. The van der Waals surface area contributed by atoms with E-state index in [9.17, 15) is 27.2 Å². The van der Waals surface area contributed by atoms with E-state index in [2.05, 4.69) is 0 Å². The maximum Gasteiger partial charge on any atom is 0.471 e. The zero-order chi connectivity index (χ0) is 17.7. The van der Waals surface area contributed by atoms with Crippen molar-refractivity contribution in [3.8, 4) is 0 Å². The summed E-state index contributed by atoms with van der Waals surface area (Å²) in [5.74, 6) is -2.68. The molecule has 1 aliphatic rings. The molecule has 2 rings (SSSR count). The van der Waals surface area contributed by atoms with E-state index in [-0.39, 0.29) is 31.8 Å². The molecule has 0 aliphatic carbocycles. The van der Waals surface area contributed by atoms with Crippen molar-refractivity contribution in [2.45, 2.75) is 25.1 Å². The largest absolute Gasteiger partial charge is 0.471 e. The smallest absolute Gasteiger partial charge is 0.345 e. The summed E-state index contributed by atoms with van der Waals surface area (Å²) < 4.78 is 49.6. The molecule has 1 aromatic rings. The zero-order valence-electron chi connectivity index (χ0n) is 12.6. The first-order chi connectivity index (χ1) is 11.3.